The maximum absolute atomic E-state index is 12.8. The van der Waals surface area contributed by atoms with Gasteiger partial charge in [0, 0.05) is 19.3 Å². The van der Waals surface area contributed by atoms with Crippen molar-refractivity contribution in [3.63, 3.8) is 0 Å². The number of likely N-dealkylation sites (N-methyl/N-ethyl adjacent to an activating group) is 1. The maximum atomic E-state index is 12.8. The molecule has 0 saturated carbocycles. The molecule has 2 atom stereocenters. The Labute approximate surface area is 390 Å². The fraction of sp³-hybridized carbons (Fsp3) is 0.554. The third-order valence-electron chi connectivity index (χ3n) is 9.98. The van der Waals surface area contributed by atoms with Crippen molar-refractivity contribution in [3.8, 4) is 0 Å². The molecule has 0 rings (SSSR count). The molecule has 0 amide bonds. The van der Waals surface area contributed by atoms with Gasteiger partial charge in [0.2, 0.25) is 0 Å². The van der Waals surface area contributed by atoms with Gasteiger partial charge >= 0.3 is 17.9 Å². The van der Waals surface area contributed by atoms with E-state index in [4.69, 9.17) is 14.2 Å². The quantitative estimate of drug-likeness (QED) is 0.0215. The number of allylic oxidation sites excluding steroid dienone is 22. The first kappa shape index (κ1) is 59.5. The number of hydrogen-bond acceptors (Lipinski definition) is 6. The normalized spacial score (nSPS) is 14.1. The zero-order valence-corrected chi connectivity index (χ0v) is 40.7. The fourth-order valence-electron chi connectivity index (χ4n) is 6.23. The van der Waals surface area contributed by atoms with Crippen molar-refractivity contribution >= 4 is 17.9 Å². The summed E-state index contributed by atoms with van der Waals surface area (Å²) in [6.07, 6.45) is 64.9. The van der Waals surface area contributed by atoms with E-state index >= 15 is 0 Å². The molecule has 358 valence electrons. The van der Waals surface area contributed by atoms with Gasteiger partial charge in [-0.1, -0.05) is 186 Å². The van der Waals surface area contributed by atoms with Crippen LogP contribution in [0.3, 0.4) is 0 Å². The average molecular weight is 887 g/mol. The summed E-state index contributed by atoms with van der Waals surface area (Å²) in [7, 11) is 5.49. The molecule has 64 heavy (non-hydrogen) atoms. The van der Waals surface area contributed by atoms with Gasteiger partial charge in [-0.25, -0.2) is 4.79 Å². The lowest BCUT2D eigenvalue weighted by atomic mass is 10.1. The molecule has 0 saturated heterocycles. The van der Waals surface area contributed by atoms with Crippen LogP contribution in [0.5, 0.6) is 0 Å². The van der Waals surface area contributed by atoms with Crippen molar-refractivity contribution in [2.45, 2.75) is 161 Å². The van der Waals surface area contributed by atoms with Crippen LogP contribution < -0.4 is 0 Å². The van der Waals surface area contributed by atoms with Gasteiger partial charge in [0.05, 0.1) is 34.4 Å². The molecule has 0 aromatic carbocycles. The van der Waals surface area contributed by atoms with Crippen LogP contribution in [0.2, 0.25) is 0 Å². The Morgan fingerprint density at radius 2 is 0.938 bits per heavy atom. The SMILES string of the molecule is CC/C=C/C=C/C=C/C=C/C=C/C=C/C=C/CCCCCC(=O)OC(COCCC(C(=O)O)[N+](C)(C)C)COC(=O)CCCCCCC/C=C/C/C=C/C/C=C/C/C=C/CCCCC. The van der Waals surface area contributed by atoms with Gasteiger partial charge in [0.25, 0.3) is 0 Å². The third kappa shape index (κ3) is 42.8. The molecular formula is C56H88NO7+. The van der Waals surface area contributed by atoms with E-state index in [2.05, 4.69) is 74.6 Å². The minimum atomic E-state index is -0.893. The Morgan fingerprint density at radius 3 is 1.45 bits per heavy atom. The number of unbranched alkanes of at least 4 members (excludes halogenated alkanes) is 11. The number of hydrogen-bond donors (Lipinski definition) is 1. The van der Waals surface area contributed by atoms with Crippen LogP contribution >= 0.6 is 0 Å². The van der Waals surface area contributed by atoms with E-state index in [-0.39, 0.29) is 42.7 Å². The predicted molar refractivity (Wildman–Crippen MR) is 270 cm³/mol. The standard InChI is InChI=1S/C56H87NO7/c1-6-8-10-12-14-16-18-20-22-24-26-27-29-30-32-34-36-38-40-42-44-46-54(58)63-51-52(50-62-49-48-53(56(60)61)57(3,4)5)64-55(59)47-45-43-41-39-37-35-33-31-28-25-23-21-19-17-15-13-11-9-7-2/h9,11,13-17,19-23,25-28,30-33,35,37,52-53H,6-8,10,12,18,24,29,34,36,38-51H2,1-5H3/p+1/b11-9+,15-13+,16-14+,19-17+,22-20+,23-21+,27-26+,28-25+,32-30+,33-31+,37-35+. The molecule has 2 unspecified atom stereocenters. The summed E-state index contributed by atoms with van der Waals surface area (Å²) in [6.45, 7) is 4.46. The van der Waals surface area contributed by atoms with Gasteiger partial charge in [0.15, 0.2) is 12.1 Å². The molecule has 0 aliphatic rings. The molecule has 0 aliphatic carbocycles. The molecule has 0 aromatic rings. The summed E-state index contributed by atoms with van der Waals surface area (Å²) < 4.78 is 17.3. The van der Waals surface area contributed by atoms with Crippen LogP contribution in [-0.4, -0.2) is 80.6 Å². The Balaban J connectivity index is 4.47. The summed E-state index contributed by atoms with van der Waals surface area (Å²) in [4.78, 5) is 37.1. The first-order chi connectivity index (χ1) is 31.1. The van der Waals surface area contributed by atoms with E-state index in [0.717, 1.165) is 83.5 Å². The molecule has 0 aromatic heterocycles. The van der Waals surface area contributed by atoms with Crippen LogP contribution in [0.1, 0.15) is 149 Å². The predicted octanol–water partition coefficient (Wildman–Crippen LogP) is 14.0. The highest BCUT2D eigenvalue weighted by Gasteiger charge is 2.31. The summed E-state index contributed by atoms with van der Waals surface area (Å²) in [6, 6.07) is -0.637. The third-order valence-corrected chi connectivity index (χ3v) is 9.98. The van der Waals surface area contributed by atoms with Crippen molar-refractivity contribution in [1.29, 1.82) is 0 Å². The van der Waals surface area contributed by atoms with E-state index in [1.807, 2.05) is 94.1 Å². The number of carboxylic acids is 1. The van der Waals surface area contributed by atoms with E-state index in [1.165, 1.54) is 25.7 Å². The Morgan fingerprint density at radius 1 is 0.500 bits per heavy atom. The molecule has 0 heterocycles. The Bertz CT molecular complexity index is 1500. The van der Waals surface area contributed by atoms with Crippen molar-refractivity contribution in [3.05, 3.63) is 134 Å². The number of carbonyl (C=O) groups excluding carboxylic acids is 2. The molecule has 0 radical (unpaired) electrons. The van der Waals surface area contributed by atoms with Crippen LogP contribution in [-0.2, 0) is 28.6 Å². The van der Waals surface area contributed by atoms with Crippen LogP contribution in [0.25, 0.3) is 0 Å². The lowest BCUT2D eigenvalue weighted by Crippen LogP contribution is -2.50. The van der Waals surface area contributed by atoms with E-state index in [0.29, 0.717) is 19.3 Å². The van der Waals surface area contributed by atoms with Gasteiger partial charge in [-0.3, -0.25) is 9.59 Å². The maximum Gasteiger partial charge on any atom is 0.362 e. The van der Waals surface area contributed by atoms with E-state index in [9.17, 15) is 19.5 Å². The van der Waals surface area contributed by atoms with Crippen LogP contribution in [0.15, 0.2) is 134 Å². The summed E-state index contributed by atoms with van der Waals surface area (Å²) in [5.41, 5.74) is 0. The first-order valence-electron chi connectivity index (χ1n) is 24.3. The largest absolute Gasteiger partial charge is 0.477 e. The molecule has 0 spiro atoms. The number of carboxylic acid groups (broad SMARTS) is 1. The van der Waals surface area contributed by atoms with Gasteiger partial charge in [0.1, 0.15) is 6.61 Å². The second-order valence-electron chi connectivity index (χ2n) is 16.8. The molecule has 0 fully saturated rings. The minimum absolute atomic E-state index is 0.0254. The number of carbonyl (C=O) groups is 3. The summed E-state index contributed by atoms with van der Waals surface area (Å²) in [5.74, 6) is -1.57. The number of nitrogens with zero attached hydrogens (tertiary/aromatic N) is 1. The number of rotatable bonds is 41. The number of esters is 2. The molecule has 0 aliphatic heterocycles. The second kappa shape index (κ2) is 45.1. The average Bonchev–Trinajstić information content (AvgIpc) is 3.26. The van der Waals surface area contributed by atoms with Gasteiger partial charge in [-0.05, 0) is 77.0 Å². The lowest BCUT2D eigenvalue weighted by molar-refractivity contribution is -0.887. The molecule has 1 N–H and O–H groups in total. The van der Waals surface area contributed by atoms with Crippen molar-refractivity contribution in [2.75, 3.05) is 41.0 Å². The van der Waals surface area contributed by atoms with Crippen molar-refractivity contribution in [1.82, 2.24) is 0 Å². The summed E-state index contributed by atoms with van der Waals surface area (Å²) in [5, 5.41) is 9.65. The van der Waals surface area contributed by atoms with E-state index in [1.54, 1.807) is 0 Å². The smallest absolute Gasteiger partial charge is 0.362 e. The monoisotopic (exact) mass is 887 g/mol. The van der Waals surface area contributed by atoms with Crippen molar-refractivity contribution < 1.29 is 38.2 Å². The van der Waals surface area contributed by atoms with Gasteiger partial charge in [-0.2, -0.15) is 0 Å². The highest BCUT2D eigenvalue weighted by molar-refractivity contribution is 5.72. The van der Waals surface area contributed by atoms with Crippen LogP contribution in [0, 0.1) is 0 Å². The van der Waals surface area contributed by atoms with Crippen molar-refractivity contribution in [2.24, 2.45) is 0 Å². The van der Waals surface area contributed by atoms with Crippen LogP contribution in [0.4, 0.5) is 0 Å². The highest BCUT2D eigenvalue weighted by Crippen LogP contribution is 2.12. The Kier molecular flexibility index (Phi) is 41.9. The number of quaternary nitrogens is 1. The minimum Gasteiger partial charge on any atom is -0.477 e. The molecule has 8 nitrogen and oxygen atoms in total. The Hall–Kier alpha value is -4.53. The lowest BCUT2D eigenvalue weighted by Gasteiger charge is -2.31. The molecular weight excluding hydrogens is 799 g/mol. The van der Waals surface area contributed by atoms with E-state index < -0.39 is 18.1 Å². The zero-order chi connectivity index (χ0) is 47.0. The number of aliphatic carboxylic acids is 1. The number of ether oxygens (including phenoxy) is 3. The summed E-state index contributed by atoms with van der Waals surface area (Å²) >= 11 is 0. The highest BCUT2D eigenvalue weighted by atomic mass is 16.6. The molecule has 0 bridgehead atoms. The second-order valence-corrected chi connectivity index (χ2v) is 16.8. The zero-order valence-electron chi connectivity index (χ0n) is 40.7. The molecule has 8 heteroatoms. The fourth-order valence-corrected chi connectivity index (χ4v) is 6.23. The topological polar surface area (TPSA) is 99.1 Å². The first-order valence-corrected chi connectivity index (χ1v) is 24.3. The van der Waals surface area contributed by atoms with Gasteiger partial charge < -0.3 is 23.8 Å². The van der Waals surface area contributed by atoms with Gasteiger partial charge in [-0.15, -0.1) is 0 Å².